The SMILES string of the molecule is Cc1cc(C(=O)Nc2ccc(Cc3cc(F)cc(F)c3)cn2)nn(C)c1=O. The van der Waals surface area contributed by atoms with Crippen LogP contribution in [0.5, 0.6) is 0 Å². The van der Waals surface area contributed by atoms with E-state index in [0.717, 1.165) is 16.3 Å². The molecule has 0 aliphatic carbocycles. The molecule has 0 fully saturated rings. The maximum absolute atomic E-state index is 13.3. The highest BCUT2D eigenvalue weighted by atomic mass is 19.1. The van der Waals surface area contributed by atoms with Crippen LogP contribution in [-0.4, -0.2) is 20.7 Å². The van der Waals surface area contributed by atoms with Gasteiger partial charge < -0.3 is 5.32 Å². The molecular formula is C19H16F2N4O2. The average molecular weight is 370 g/mol. The van der Waals surface area contributed by atoms with Crippen molar-refractivity contribution in [1.29, 1.82) is 0 Å². The van der Waals surface area contributed by atoms with Gasteiger partial charge in [-0.3, -0.25) is 9.59 Å². The van der Waals surface area contributed by atoms with Gasteiger partial charge in [0.2, 0.25) is 0 Å². The lowest BCUT2D eigenvalue weighted by molar-refractivity contribution is 0.101. The molecule has 1 amide bonds. The van der Waals surface area contributed by atoms with E-state index in [9.17, 15) is 18.4 Å². The molecule has 0 spiro atoms. The summed E-state index contributed by atoms with van der Waals surface area (Å²) in [5, 5.41) is 6.51. The van der Waals surface area contributed by atoms with E-state index in [1.165, 1.54) is 31.4 Å². The normalized spacial score (nSPS) is 10.7. The van der Waals surface area contributed by atoms with Gasteiger partial charge in [0.15, 0.2) is 0 Å². The van der Waals surface area contributed by atoms with Crippen LogP contribution < -0.4 is 10.9 Å². The van der Waals surface area contributed by atoms with Crippen LogP contribution in [0.15, 0.2) is 47.4 Å². The van der Waals surface area contributed by atoms with Gasteiger partial charge >= 0.3 is 0 Å². The van der Waals surface area contributed by atoms with Crippen molar-refractivity contribution in [1.82, 2.24) is 14.8 Å². The summed E-state index contributed by atoms with van der Waals surface area (Å²) in [6.45, 7) is 1.60. The van der Waals surface area contributed by atoms with Crippen LogP contribution in [0, 0.1) is 18.6 Å². The number of benzene rings is 1. The second-order valence-corrected chi connectivity index (χ2v) is 6.10. The molecule has 0 atom stereocenters. The Hall–Kier alpha value is -3.42. The fraction of sp³-hybridized carbons (Fsp3) is 0.158. The molecule has 8 heteroatoms. The summed E-state index contributed by atoms with van der Waals surface area (Å²) in [5.41, 5.74) is 1.44. The highest BCUT2D eigenvalue weighted by Gasteiger charge is 2.12. The Morgan fingerprint density at radius 2 is 1.81 bits per heavy atom. The highest BCUT2D eigenvalue weighted by Crippen LogP contribution is 2.14. The van der Waals surface area contributed by atoms with Gasteiger partial charge in [0, 0.05) is 24.9 Å². The zero-order valence-corrected chi connectivity index (χ0v) is 14.7. The number of amides is 1. The Labute approximate surface area is 153 Å². The molecule has 0 saturated heterocycles. The molecule has 0 aliphatic heterocycles. The topological polar surface area (TPSA) is 76.9 Å². The minimum Gasteiger partial charge on any atom is -0.305 e. The summed E-state index contributed by atoms with van der Waals surface area (Å²) in [5.74, 6) is -1.48. The van der Waals surface area contributed by atoms with Gasteiger partial charge in [0.05, 0.1) is 0 Å². The van der Waals surface area contributed by atoms with Gasteiger partial charge in [0.1, 0.15) is 23.1 Å². The Morgan fingerprint density at radius 1 is 1.11 bits per heavy atom. The summed E-state index contributed by atoms with van der Waals surface area (Å²) in [4.78, 5) is 28.0. The number of hydrogen-bond donors (Lipinski definition) is 1. The third kappa shape index (κ3) is 4.41. The van der Waals surface area contributed by atoms with Crippen molar-refractivity contribution >= 4 is 11.7 Å². The Morgan fingerprint density at radius 3 is 2.41 bits per heavy atom. The maximum Gasteiger partial charge on any atom is 0.277 e. The van der Waals surface area contributed by atoms with Crippen molar-refractivity contribution in [3.05, 3.63) is 87.0 Å². The molecule has 3 aromatic rings. The largest absolute Gasteiger partial charge is 0.305 e. The summed E-state index contributed by atoms with van der Waals surface area (Å²) in [6.07, 6.45) is 1.81. The third-order valence-electron chi connectivity index (χ3n) is 3.87. The van der Waals surface area contributed by atoms with Crippen molar-refractivity contribution in [3.8, 4) is 0 Å². The van der Waals surface area contributed by atoms with Crippen molar-refractivity contribution in [2.24, 2.45) is 7.05 Å². The molecule has 138 valence electrons. The number of carbonyl (C=O) groups is 1. The van der Waals surface area contributed by atoms with E-state index in [0.29, 0.717) is 23.4 Å². The second kappa shape index (κ2) is 7.45. The minimum atomic E-state index is -0.637. The van der Waals surface area contributed by atoms with E-state index in [4.69, 9.17) is 0 Å². The molecule has 1 aromatic carbocycles. The molecular weight excluding hydrogens is 354 g/mol. The van der Waals surface area contributed by atoms with Crippen LogP contribution in [0.3, 0.4) is 0 Å². The molecule has 6 nitrogen and oxygen atoms in total. The van der Waals surface area contributed by atoms with Gasteiger partial charge in [-0.15, -0.1) is 0 Å². The van der Waals surface area contributed by atoms with Gasteiger partial charge in [-0.25, -0.2) is 18.4 Å². The summed E-state index contributed by atoms with van der Waals surface area (Å²) in [6, 6.07) is 8.02. The first kappa shape index (κ1) is 18.4. The average Bonchev–Trinajstić information content (AvgIpc) is 2.60. The fourth-order valence-electron chi connectivity index (χ4n) is 2.60. The van der Waals surface area contributed by atoms with Gasteiger partial charge in [-0.1, -0.05) is 6.07 Å². The Balaban J connectivity index is 1.72. The first-order valence-corrected chi connectivity index (χ1v) is 8.08. The van der Waals surface area contributed by atoms with Crippen LogP contribution in [0.4, 0.5) is 14.6 Å². The van der Waals surface area contributed by atoms with Gasteiger partial charge in [-0.05, 0) is 48.7 Å². The summed E-state index contributed by atoms with van der Waals surface area (Å²) < 4.78 is 27.6. The van der Waals surface area contributed by atoms with Crippen LogP contribution in [0.1, 0.15) is 27.2 Å². The van der Waals surface area contributed by atoms with Crippen molar-refractivity contribution in [3.63, 3.8) is 0 Å². The minimum absolute atomic E-state index is 0.0933. The number of rotatable bonds is 4. The Kier molecular flexibility index (Phi) is 5.07. The monoisotopic (exact) mass is 370 g/mol. The molecule has 0 unspecified atom stereocenters. The number of nitrogens with zero attached hydrogens (tertiary/aromatic N) is 3. The quantitative estimate of drug-likeness (QED) is 0.766. The number of nitrogens with one attached hydrogen (secondary N) is 1. The van der Waals surface area contributed by atoms with Crippen LogP contribution in [-0.2, 0) is 13.5 Å². The lowest BCUT2D eigenvalue weighted by Gasteiger charge is -2.07. The molecule has 27 heavy (non-hydrogen) atoms. The number of pyridine rings is 1. The van der Waals surface area contributed by atoms with Crippen molar-refractivity contribution in [2.45, 2.75) is 13.3 Å². The maximum atomic E-state index is 13.3. The molecule has 0 bridgehead atoms. The van der Waals surface area contributed by atoms with E-state index in [-0.39, 0.29) is 11.3 Å². The highest BCUT2D eigenvalue weighted by molar-refractivity contribution is 6.02. The first-order valence-electron chi connectivity index (χ1n) is 8.08. The van der Waals surface area contributed by atoms with E-state index >= 15 is 0 Å². The Bertz CT molecular complexity index is 1020. The van der Waals surface area contributed by atoms with E-state index < -0.39 is 17.5 Å². The first-order chi connectivity index (χ1) is 12.8. The number of aromatic nitrogens is 3. The number of hydrogen-bond acceptors (Lipinski definition) is 4. The molecule has 2 aromatic heterocycles. The number of halogens is 2. The summed E-state index contributed by atoms with van der Waals surface area (Å²) >= 11 is 0. The molecule has 0 saturated carbocycles. The van der Waals surface area contributed by atoms with Gasteiger partial charge in [0.25, 0.3) is 11.5 Å². The fourth-order valence-corrected chi connectivity index (χ4v) is 2.60. The van der Waals surface area contributed by atoms with E-state index in [2.05, 4.69) is 15.4 Å². The summed E-state index contributed by atoms with van der Waals surface area (Å²) in [7, 11) is 1.47. The molecule has 2 heterocycles. The number of anilines is 1. The predicted octanol–water partition coefficient (Wildman–Crippen LogP) is 2.61. The van der Waals surface area contributed by atoms with Crippen molar-refractivity contribution in [2.75, 3.05) is 5.32 Å². The molecule has 3 rings (SSSR count). The van der Waals surface area contributed by atoms with Crippen LogP contribution >= 0.6 is 0 Å². The zero-order valence-electron chi connectivity index (χ0n) is 14.7. The van der Waals surface area contributed by atoms with Gasteiger partial charge in [-0.2, -0.15) is 5.10 Å². The van der Waals surface area contributed by atoms with E-state index in [1.54, 1.807) is 19.1 Å². The zero-order chi connectivity index (χ0) is 19.6. The predicted molar refractivity (Wildman–Crippen MR) is 95.6 cm³/mol. The van der Waals surface area contributed by atoms with Crippen LogP contribution in [0.2, 0.25) is 0 Å². The smallest absolute Gasteiger partial charge is 0.277 e. The number of carbonyl (C=O) groups excluding carboxylic acids is 1. The second-order valence-electron chi connectivity index (χ2n) is 6.10. The molecule has 1 N–H and O–H groups in total. The lowest BCUT2D eigenvalue weighted by atomic mass is 10.1. The van der Waals surface area contributed by atoms with E-state index in [1.807, 2.05) is 0 Å². The van der Waals surface area contributed by atoms with Crippen LogP contribution in [0.25, 0.3) is 0 Å². The van der Waals surface area contributed by atoms with Crippen molar-refractivity contribution < 1.29 is 13.6 Å². The molecule has 0 radical (unpaired) electrons. The standard InChI is InChI=1S/C19H16F2N4O2/c1-11-5-16(24-25(2)19(11)27)18(26)23-17-4-3-12(10-22-17)6-13-7-14(20)9-15(21)8-13/h3-5,7-10H,6H2,1-2H3,(H,22,23,26). The third-order valence-corrected chi connectivity index (χ3v) is 3.87. The lowest BCUT2D eigenvalue weighted by Crippen LogP contribution is -2.26. The molecule has 0 aliphatic rings. The number of aryl methyl sites for hydroxylation is 2.